The van der Waals surface area contributed by atoms with Crippen LogP contribution in [0.4, 0.5) is 29.3 Å². The van der Waals surface area contributed by atoms with Gasteiger partial charge in [0.15, 0.2) is 0 Å². The minimum Gasteiger partial charge on any atom is -0.508 e. The van der Waals surface area contributed by atoms with Gasteiger partial charge in [0.05, 0.1) is 11.3 Å². The number of benzene rings is 3. The molecule has 2 heterocycles. The second kappa shape index (κ2) is 10.5. The molecule has 7 nitrogen and oxygen atoms in total. The molecule has 3 N–H and O–H groups in total. The standard InChI is InChI=1S/C28H19ClF3N5O2/c29-20-11-18(12-24(38)14-20)26-25(17-7-9-33-10-8-17)16-37(36-26)23-6-2-5-22(15-23)35-27(39)34-21-4-1-3-19(13-21)28(30,31)32/h1-16,38H,(H2,34,35,39). The van der Waals surface area contributed by atoms with Crippen LogP contribution in [0.3, 0.4) is 0 Å². The summed E-state index contributed by atoms with van der Waals surface area (Å²) in [6, 6.07) is 18.8. The van der Waals surface area contributed by atoms with Crippen LogP contribution in [-0.4, -0.2) is 25.9 Å². The first-order chi connectivity index (χ1) is 18.7. The van der Waals surface area contributed by atoms with Crippen molar-refractivity contribution in [3.05, 3.63) is 108 Å². The number of hydrogen-bond donors (Lipinski definition) is 3. The number of aromatic nitrogens is 3. The Labute approximate surface area is 225 Å². The number of phenolic OH excluding ortho intramolecular Hbond substituents is 1. The van der Waals surface area contributed by atoms with Gasteiger partial charge < -0.3 is 15.7 Å². The number of halogens is 4. The molecule has 11 heteroatoms. The van der Waals surface area contributed by atoms with Crippen LogP contribution in [0.2, 0.25) is 5.02 Å². The van der Waals surface area contributed by atoms with Crippen molar-refractivity contribution in [2.24, 2.45) is 0 Å². The van der Waals surface area contributed by atoms with Gasteiger partial charge in [0, 0.05) is 46.1 Å². The molecule has 0 aliphatic carbocycles. The van der Waals surface area contributed by atoms with Crippen LogP contribution >= 0.6 is 11.6 Å². The summed E-state index contributed by atoms with van der Waals surface area (Å²) in [4.78, 5) is 16.6. The Morgan fingerprint density at radius 2 is 1.56 bits per heavy atom. The summed E-state index contributed by atoms with van der Waals surface area (Å²) < 4.78 is 40.6. The molecular weight excluding hydrogens is 531 g/mol. The maximum atomic E-state index is 13.0. The van der Waals surface area contributed by atoms with Gasteiger partial charge in [0.25, 0.3) is 0 Å². The molecule has 3 aromatic carbocycles. The molecule has 5 aromatic rings. The molecule has 0 aliphatic rings. The lowest BCUT2D eigenvalue weighted by molar-refractivity contribution is -0.137. The van der Waals surface area contributed by atoms with Crippen molar-refractivity contribution in [1.29, 1.82) is 0 Å². The van der Waals surface area contributed by atoms with E-state index in [0.717, 1.165) is 23.3 Å². The van der Waals surface area contributed by atoms with Gasteiger partial charge in [0.1, 0.15) is 11.4 Å². The topological polar surface area (TPSA) is 92.1 Å². The SMILES string of the molecule is O=C(Nc1cccc(-n2cc(-c3ccncc3)c(-c3cc(O)cc(Cl)c3)n2)c1)Nc1cccc(C(F)(F)F)c1. The van der Waals surface area contributed by atoms with Crippen molar-refractivity contribution in [2.45, 2.75) is 6.18 Å². The summed E-state index contributed by atoms with van der Waals surface area (Å²) in [7, 11) is 0. The fourth-order valence-electron chi connectivity index (χ4n) is 3.97. The predicted octanol–water partition coefficient (Wildman–Crippen LogP) is 7.62. The smallest absolute Gasteiger partial charge is 0.416 e. The van der Waals surface area contributed by atoms with Crippen molar-refractivity contribution >= 4 is 29.0 Å². The van der Waals surface area contributed by atoms with E-state index >= 15 is 0 Å². The molecular formula is C28H19ClF3N5O2. The van der Waals surface area contributed by atoms with Crippen LogP contribution in [0, 0.1) is 0 Å². The highest BCUT2D eigenvalue weighted by molar-refractivity contribution is 6.31. The highest BCUT2D eigenvalue weighted by Gasteiger charge is 2.30. The van der Waals surface area contributed by atoms with Gasteiger partial charge in [-0.3, -0.25) is 4.98 Å². The molecule has 0 bridgehead atoms. The molecule has 0 saturated carbocycles. The van der Waals surface area contributed by atoms with Gasteiger partial charge in [-0.05, 0) is 72.3 Å². The maximum Gasteiger partial charge on any atom is 0.416 e. The molecule has 5 rings (SSSR count). The van der Waals surface area contributed by atoms with Crippen molar-refractivity contribution in [1.82, 2.24) is 14.8 Å². The molecule has 0 atom stereocenters. The monoisotopic (exact) mass is 549 g/mol. The Kier molecular flexibility index (Phi) is 6.95. The van der Waals surface area contributed by atoms with E-state index < -0.39 is 17.8 Å². The third-order valence-electron chi connectivity index (χ3n) is 5.68. The third kappa shape index (κ3) is 6.02. The average molecular weight is 550 g/mol. The number of phenols is 1. The van der Waals surface area contributed by atoms with E-state index in [-0.39, 0.29) is 11.4 Å². The second-order valence-electron chi connectivity index (χ2n) is 8.48. The molecule has 0 aliphatic heterocycles. The number of aromatic hydroxyl groups is 1. The van der Waals surface area contributed by atoms with E-state index in [9.17, 15) is 23.1 Å². The average Bonchev–Trinajstić information content (AvgIpc) is 3.34. The van der Waals surface area contributed by atoms with E-state index in [2.05, 4.69) is 15.6 Å². The minimum absolute atomic E-state index is 0.00182. The Hall–Kier alpha value is -4.83. The molecule has 2 aromatic heterocycles. The van der Waals surface area contributed by atoms with Gasteiger partial charge in [-0.25, -0.2) is 9.48 Å². The summed E-state index contributed by atoms with van der Waals surface area (Å²) in [6.45, 7) is 0. The summed E-state index contributed by atoms with van der Waals surface area (Å²) in [5.74, 6) is -0.00860. The lowest BCUT2D eigenvalue weighted by Gasteiger charge is -2.11. The molecule has 196 valence electrons. The fourth-order valence-corrected chi connectivity index (χ4v) is 4.20. The number of nitrogens with zero attached hydrogens (tertiary/aromatic N) is 3. The van der Waals surface area contributed by atoms with Crippen LogP contribution in [-0.2, 0) is 6.18 Å². The molecule has 0 unspecified atom stereocenters. The largest absolute Gasteiger partial charge is 0.508 e. The lowest BCUT2D eigenvalue weighted by atomic mass is 10.0. The van der Waals surface area contributed by atoms with E-state index in [1.165, 1.54) is 18.2 Å². The zero-order chi connectivity index (χ0) is 27.6. The number of carbonyl (C=O) groups is 1. The van der Waals surface area contributed by atoms with E-state index in [1.807, 2.05) is 12.1 Å². The molecule has 0 radical (unpaired) electrons. The van der Waals surface area contributed by atoms with E-state index in [0.29, 0.717) is 27.7 Å². The van der Waals surface area contributed by atoms with Crippen molar-refractivity contribution < 1.29 is 23.1 Å². The number of rotatable bonds is 5. The zero-order valence-corrected chi connectivity index (χ0v) is 20.7. The number of amides is 2. The van der Waals surface area contributed by atoms with E-state index in [1.54, 1.807) is 59.7 Å². The van der Waals surface area contributed by atoms with Gasteiger partial charge in [-0.1, -0.05) is 23.7 Å². The van der Waals surface area contributed by atoms with Crippen LogP contribution in [0.15, 0.2) is 97.5 Å². The zero-order valence-electron chi connectivity index (χ0n) is 19.9. The first-order valence-corrected chi connectivity index (χ1v) is 11.9. The van der Waals surface area contributed by atoms with Crippen LogP contribution in [0.25, 0.3) is 28.1 Å². The van der Waals surface area contributed by atoms with Gasteiger partial charge in [-0.15, -0.1) is 0 Å². The summed E-state index contributed by atoms with van der Waals surface area (Å²) in [6.07, 6.45) is 0.577. The number of pyridine rings is 1. The molecule has 0 fully saturated rings. The summed E-state index contributed by atoms with van der Waals surface area (Å²) >= 11 is 6.17. The van der Waals surface area contributed by atoms with Gasteiger partial charge in [0.2, 0.25) is 0 Å². The summed E-state index contributed by atoms with van der Waals surface area (Å²) in [5.41, 5.74) is 2.86. The van der Waals surface area contributed by atoms with Crippen LogP contribution in [0.1, 0.15) is 5.56 Å². The first-order valence-electron chi connectivity index (χ1n) is 11.5. The number of carbonyl (C=O) groups excluding carboxylic acids is 1. The van der Waals surface area contributed by atoms with Gasteiger partial charge in [-0.2, -0.15) is 18.3 Å². The van der Waals surface area contributed by atoms with Gasteiger partial charge >= 0.3 is 12.2 Å². The van der Waals surface area contributed by atoms with Crippen LogP contribution < -0.4 is 10.6 Å². The van der Waals surface area contributed by atoms with E-state index in [4.69, 9.17) is 16.7 Å². The Bertz CT molecular complexity index is 1630. The Balaban J connectivity index is 1.44. The normalized spacial score (nSPS) is 11.3. The predicted molar refractivity (Wildman–Crippen MR) is 143 cm³/mol. The fraction of sp³-hybridized carbons (Fsp3) is 0.0357. The van der Waals surface area contributed by atoms with Crippen LogP contribution in [0.5, 0.6) is 5.75 Å². The number of urea groups is 1. The quantitative estimate of drug-likeness (QED) is 0.210. The molecule has 2 amide bonds. The number of hydrogen-bond acceptors (Lipinski definition) is 4. The maximum absolute atomic E-state index is 13.0. The highest BCUT2D eigenvalue weighted by atomic mass is 35.5. The summed E-state index contributed by atoms with van der Waals surface area (Å²) in [5, 5.41) is 20.2. The highest BCUT2D eigenvalue weighted by Crippen LogP contribution is 2.35. The second-order valence-corrected chi connectivity index (χ2v) is 8.91. The number of anilines is 2. The number of nitrogens with one attached hydrogen (secondary N) is 2. The number of alkyl halides is 3. The van der Waals surface area contributed by atoms with Crippen molar-refractivity contribution in [3.8, 4) is 33.8 Å². The lowest BCUT2D eigenvalue weighted by Crippen LogP contribution is -2.20. The first kappa shape index (κ1) is 25.8. The van der Waals surface area contributed by atoms with Crippen molar-refractivity contribution in [3.63, 3.8) is 0 Å². The Morgan fingerprint density at radius 1 is 0.872 bits per heavy atom. The Morgan fingerprint density at radius 3 is 2.26 bits per heavy atom. The molecule has 39 heavy (non-hydrogen) atoms. The molecule has 0 spiro atoms. The van der Waals surface area contributed by atoms with Crippen molar-refractivity contribution in [2.75, 3.05) is 10.6 Å². The third-order valence-corrected chi connectivity index (χ3v) is 5.90. The minimum atomic E-state index is -4.52. The molecule has 0 saturated heterocycles.